The average Bonchev–Trinajstić information content (AvgIpc) is 3.03. The molecular weight excluding hydrogens is 269 g/mol. The number of hydrogen-bond donors (Lipinski definition) is 1. The maximum atomic E-state index is 13.6. The first-order chi connectivity index (χ1) is 10.1. The van der Waals surface area contributed by atoms with E-state index in [1.165, 1.54) is 25.3 Å². The molecule has 2 fully saturated rings. The van der Waals surface area contributed by atoms with Crippen molar-refractivity contribution in [3.63, 3.8) is 0 Å². The second-order valence-electron chi connectivity index (χ2n) is 6.44. The van der Waals surface area contributed by atoms with Gasteiger partial charge < -0.3 is 10.1 Å². The van der Waals surface area contributed by atoms with Crippen molar-refractivity contribution in [2.24, 2.45) is 11.8 Å². The fourth-order valence-corrected chi connectivity index (χ4v) is 3.80. The van der Waals surface area contributed by atoms with E-state index in [1.807, 2.05) is 0 Å². The van der Waals surface area contributed by atoms with Crippen LogP contribution in [-0.2, 0) is 11.2 Å². The van der Waals surface area contributed by atoms with Crippen molar-refractivity contribution in [2.45, 2.75) is 51.2 Å². The van der Waals surface area contributed by atoms with E-state index >= 15 is 0 Å². The predicted molar refractivity (Wildman–Crippen MR) is 78.4 cm³/mol. The van der Waals surface area contributed by atoms with Gasteiger partial charge in [-0.25, -0.2) is 9.18 Å². The van der Waals surface area contributed by atoms with Crippen molar-refractivity contribution >= 4 is 6.09 Å². The molecule has 1 N–H and O–H groups in total. The van der Waals surface area contributed by atoms with E-state index in [4.69, 9.17) is 4.74 Å². The van der Waals surface area contributed by atoms with Crippen LogP contribution in [0.3, 0.4) is 0 Å². The lowest BCUT2D eigenvalue weighted by molar-refractivity contribution is 0.100. The Morgan fingerprint density at radius 1 is 1.38 bits per heavy atom. The molecule has 3 nitrogen and oxygen atoms in total. The second kappa shape index (κ2) is 6.04. The van der Waals surface area contributed by atoms with Crippen molar-refractivity contribution in [3.05, 3.63) is 35.6 Å². The molecule has 2 saturated carbocycles. The summed E-state index contributed by atoms with van der Waals surface area (Å²) in [5.74, 6) is 1.17. The molecule has 0 radical (unpaired) electrons. The highest BCUT2D eigenvalue weighted by molar-refractivity contribution is 5.68. The molecule has 4 unspecified atom stereocenters. The van der Waals surface area contributed by atoms with Crippen molar-refractivity contribution in [1.29, 1.82) is 0 Å². The van der Waals surface area contributed by atoms with Gasteiger partial charge in [0.15, 0.2) is 0 Å². The Hall–Kier alpha value is -1.58. The van der Waals surface area contributed by atoms with E-state index in [-0.39, 0.29) is 24.1 Å². The van der Waals surface area contributed by atoms with Gasteiger partial charge in [-0.1, -0.05) is 24.6 Å². The minimum Gasteiger partial charge on any atom is -0.446 e. The standard InChI is InChI=1S/C17H22FNO2/c1-11(8-13-4-2-3-5-15(13)18)21-17(20)19-16-10-12-6-7-14(16)9-12/h2-5,11-12,14,16H,6-10H2,1H3,(H,19,20). The molecule has 2 bridgehead atoms. The number of carbonyl (C=O) groups is 1. The summed E-state index contributed by atoms with van der Waals surface area (Å²) in [6.07, 6.45) is 4.56. The maximum absolute atomic E-state index is 13.6. The van der Waals surface area contributed by atoms with Crippen LogP contribution in [0, 0.1) is 17.7 Å². The first-order valence-electron chi connectivity index (χ1n) is 7.82. The number of hydrogen-bond acceptors (Lipinski definition) is 2. The monoisotopic (exact) mass is 291 g/mol. The van der Waals surface area contributed by atoms with Crippen molar-refractivity contribution in [2.75, 3.05) is 0 Å². The number of halogens is 1. The number of rotatable bonds is 4. The van der Waals surface area contributed by atoms with E-state index in [1.54, 1.807) is 25.1 Å². The minimum absolute atomic E-state index is 0.249. The van der Waals surface area contributed by atoms with E-state index in [2.05, 4.69) is 5.32 Å². The van der Waals surface area contributed by atoms with Gasteiger partial charge in [-0.3, -0.25) is 0 Å². The minimum atomic E-state index is -0.364. The average molecular weight is 291 g/mol. The number of nitrogens with one attached hydrogen (secondary N) is 1. The summed E-state index contributed by atoms with van der Waals surface area (Å²) in [6, 6.07) is 6.88. The Morgan fingerprint density at radius 3 is 2.86 bits per heavy atom. The Kier molecular flexibility index (Phi) is 4.13. The first kappa shape index (κ1) is 14.4. The third-order valence-electron chi connectivity index (χ3n) is 4.81. The highest BCUT2D eigenvalue weighted by Crippen LogP contribution is 2.44. The molecule has 1 aromatic carbocycles. The van der Waals surface area contributed by atoms with Crippen molar-refractivity contribution in [3.8, 4) is 0 Å². The molecule has 0 aliphatic heterocycles. The Bertz CT molecular complexity index is 519. The van der Waals surface area contributed by atoms with Crippen LogP contribution in [0.25, 0.3) is 0 Å². The summed E-state index contributed by atoms with van der Waals surface area (Å²) in [5, 5.41) is 2.99. The highest BCUT2D eigenvalue weighted by Gasteiger charge is 2.40. The number of carbonyl (C=O) groups excluding carboxylic acids is 1. The van der Waals surface area contributed by atoms with E-state index in [0.29, 0.717) is 17.9 Å². The molecule has 21 heavy (non-hydrogen) atoms. The molecule has 4 atom stereocenters. The molecule has 1 amide bonds. The first-order valence-corrected chi connectivity index (χ1v) is 7.82. The van der Waals surface area contributed by atoms with Gasteiger partial charge in [0, 0.05) is 12.5 Å². The Balaban J connectivity index is 1.47. The van der Waals surface area contributed by atoms with Crippen LogP contribution in [0.2, 0.25) is 0 Å². The fraction of sp³-hybridized carbons (Fsp3) is 0.588. The molecule has 2 aliphatic carbocycles. The van der Waals surface area contributed by atoms with E-state index in [0.717, 1.165) is 12.3 Å². The smallest absolute Gasteiger partial charge is 0.407 e. The third-order valence-corrected chi connectivity index (χ3v) is 4.81. The van der Waals surface area contributed by atoms with Gasteiger partial charge in [-0.05, 0) is 49.7 Å². The summed E-state index contributed by atoms with van der Waals surface area (Å²) in [4.78, 5) is 11.9. The normalized spacial score (nSPS) is 28.4. The molecule has 0 aromatic heterocycles. The molecule has 4 heteroatoms. The van der Waals surface area contributed by atoms with Gasteiger partial charge in [0.2, 0.25) is 0 Å². The van der Waals surface area contributed by atoms with Gasteiger partial charge in [-0.15, -0.1) is 0 Å². The van der Waals surface area contributed by atoms with Gasteiger partial charge in [0.1, 0.15) is 11.9 Å². The molecule has 0 saturated heterocycles. The van der Waals surface area contributed by atoms with Gasteiger partial charge in [-0.2, -0.15) is 0 Å². The largest absolute Gasteiger partial charge is 0.446 e. The lowest BCUT2D eigenvalue weighted by Gasteiger charge is -2.23. The summed E-state index contributed by atoms with van der Waals surface area (Å²) in [6.45, 7) is 1.80. The Labute approximate surface area is 124 Å². The predicted octanol–water partition coefficient (Wildman–Crippen LogP) is 3.67. The number of ether oxygens (including phenoxy) is 1. The van der Waals surface area contributed by atoms with Crippen LogP contribution in [0.1, 0.15) is 38.2 Å². The molecule has 114 valence electrons. The van der Waals surface area contributed by atoms with Crippen LogP contribution < -0.4 is 5.32 Å². The number of alkyl carbamates (subject to hydrolysis) is 1. The molecule has 0 spiro atoms. The summed E-state index contributed by atoms with van der Waals surface area (Å²) >= 11 is 0. The Morgan fingerprint density at radius 2 is 2.19 bits per heavy atom. The van der Waals surface area contributed by atoms with Gasteiger partial charge >= 0.3 is 6.09 Å². The van der Waals surface area contributed by atoms with Crippen molar-refractivity contribution in [1.82, 2.24) is 5.32 Å². The van der Waals surface area contributed by atoms with Gasteiger partial charge in [0.25, 0.3) is 0 Å². The summed E-state index contributed by atoms with van der Waals surface area (Å²) in [7, 11) is 0. The van der Waals surface area contributed by atoms with Crippen LogP contribution >= 0.6 is 0 Å². The molecular formula is C17H22FNO2. The van der Waals surface area contributed by atoms with Crippen LogP contribution in [0.15, 0.2) is 24.3 Å². The zero-order valence-corrected chi connectivity index (χ0v) is 12.3. The van der Waals surface area contributed by atoms with E-state index < -0.39 is 0 Å². The van der Waals surface area contributed by atoms with Crippen molar-refractivity contribution < 1.29 is 13.9 Å². The number of fused-ring (bicyclic) bond motifs is 2. The van der Waals surface area contributed by atoms with Crippen LogP contribution in [0.4, 0.5) is 9.18 Å². The van der Waals surface area contributed by atoms with E-state index in [9.17, 15) is 9.18 Å². The second-order valence-corrected chi connectivity index (χ2v) is 6.44. The quantitative estimate of drug-likeness (QED) is 0.919. The SMILES string of the molecule is CC(Cc1ccccc1F)OC(=O)NC1CC2CCC1C2. The summed E-state index contributed by atoms with van der Waals surface area (Å²) in [5.41, 5.74) is 0.581. The third kappa shape index (κ3) is 3.36. The lowest BCUT2D eigenvalue weighted by Crippen LogP contribution is -2.40. The zero-order valence-electron chi connectivity index (χ0n) is 12.3. The lowest BCUT2D eigenvalue weighted by atomic mass is 9.96. The fourth-order valence-electron chi connectivity index (χ4n) is 3.80. The van der Waals surface area contributed by atoms with Crippen LogP contribution in [0.5, 0.6) is 0 Å². The highest BCUT2D eigenvalue weighted by atomic mass is 19.1. The molecule has 3 rings (SSSR count). The summed E-state index contributed by atoms with van der Waals surface area (Å²) < 4.78 is 18.9. The van der Waals surface area contributed by atoms with Crippen LogP contribution in [-0.4, -0.2) is 18.2 Å². The molecule has 1 aromatic rings. The molecule has 2 aliphatic rings. The maximum Gasteiger partial charge on any atom is 0.407 e. The zero-order chi connectivity index (χ0) is 14.8. The number of benzene rings is 1. The topological polar surface area (TPSA) is 38.3 Å². The van der Waals surface area contributed by atoms with Gasteiger partial charge in [0.05, 0.1) is 0 Å². The molecule has 0 heterocycles. The number of amides is 1.